The number of aldehydes is 1. The van der Waals surface area contributed by atoms with Crippen LogP contribution in [0.2, 0.25) is 0 Å². The van der Waals surface area contributed by atoms with Crippen molar-refractivity contribution in [1.29, 1.82) is 0 Å². The Morgan fingerprint density at radius 3 is 1.52 bits per heavy atom. The zero-order valence-electron chi connectivity index (χ0n) is 30.5. The summed E-state index contributed by atoms with van der Waals surface area (Å²) >= 11 is 0. The van der Waals surface area contributed by atoms with Crippen LogP contribution < -0.4 is 119 Å². The Hall–Kier alpha value is -0.367. The van der Waals surface area contributed by atoms with Crippen LogP contribution in [-0.2, 0) is 42.4 Å². The largest absolute Gasteiger partial charge is 1.00 e. The van der Waals surface area contributed by atoms with Gasteiger partial charge in [0, 0.05) is 28.3 Å². The van der Waals surface area contributed by atoms with E-state index in [2.05, 4.69) is 35.3 Å². The number of Topliss-reactive ketones (excluding diaryl/α,β-unsaturated/α-hetero) is 1. The second-order valence-electron chi connectivity index (χ2n) is 9.61. The maximum Gasteiger partial charge on any atom is 1.00 e. The van der Waals surface area contributed by atoms with Gasteiger partial charge in [-0.2, -0.15) is 4.79 Å². The van der Waals surface area contributed by atoms with Crippen LogP contribution in [0.15, 0.2) is 0 Å². The van der Waals surface area contributed by atoms with Crippen LogP contribution in [0.4, 0.5) is 9.59 Å². The maximum atomic E-state index is 11.4. The fraction of sp³-hybridized carbons (Fsp3) is 0.692. The minimum Gasteiger partial charge on any atom is -1.00 e. The number of terminal acetylenes is 1. The van der Waals surface area contributed by atoms with Crippen LogP contribution in [-0.4, -0.2) is 90.7 Å². The molecular weight excluding hydrogens is 685 g/mol. The molecule has 258 valence electrons. The van der Waals surface area contributed by atoms with Crippen molar-refractivity contribution in [1.82, 2.24) is 10.6 Å². The van der Waals surface area contributed by atoms with Gasteiger partial charge in [-0.1, -0.05) is 19.8 Å². The van der Waals surface area contributed by atoms with E-state index in [-0.39, 0.29) is 117 Å². The number of carbonyl (C=O) groups is 5. The molecule has 0 aliphatic carbocycles. The molecule has 0 aromatic carbocycles. The minimum absolute atomic E-state index is 0. The van der Waals surface area contributed by atoms with Crippen molar-refractivity contribution in [3.05, 3.63) is 5.53 Å². The molecule has 2 atom stereocenters. The summed E-state index contributed by atoms with van der Waals surface area (Å²) in [5.41, 5.74) is 6.73. The van der Waals surface area contributed by atoms with Crippen molar-refractivity contribution in [3.63, 3.8) is 0 Å². The molecule has 3 N–H and O–H groups in total. The molecule has 0 spiro atoms. The fourth-order valence-corrected chi connectivity index (χ4v) is 2.96. The molecule has 0 aromatic rings. The third kappa shape index (κ3) is 39.8. The molecule has 0 aliphatic rings. The number of nitrogens with one attached hydrogen (secondary N) is 2. The Kier molecular flexibility index (Phi) is 47.6. The molecular formula is C26H49K2N4O13P. The molecule has 17 nitrogen and oxygen atoms in total. The minimum atomic E-state index is -3.70. The molecule has 0 fully saturated rings. The van der Waals surface area contributed by atoms with E-state index < -0.39 is 48.3 Å². The van der Waals surface area contributed by atoms with Gasteiger partial charge in [-0.25, -0.2) is 14.2 Å². The van der Waals surface area contributed by atoms with Gasteiger partial charge < -0.3 is 56.2 Å². The van der Waals surface area contributed by atoms with Crippen LogP contribution in [0.1, 0.15) is 76.6 Å². The summed E-state index contributed by atoms with van der Waals surface area (Å²) < 4.78 is 30.2. The standard InChI is InChI=1S/C10H17NO2.C9H17NO3.C5H9N2O4P.CH2O3.CH4O.2K.H/c1-6-8(7-2)11-9(12)13-10(3,4)5;1-5-7(6-11)10-8(12)13-9(2,3)4;1-4(8)5(7-6)12(9,10-2)11-3;2-1-4-3;1-2;;;/h1,8H,7H2,2-5H3,(H,11,12);6-7H,5H2,1-4H3,(H,10,12);1-3H3;1,3H;2H,1H3;;;/q;;;;;2*+1;-1/p-1. The maximum absolute atomic E-state index is 11.4. The van der Waals surface area contributed by atoms with Crippen molar-refractivity contribution >= 4 is 43.8 Å². The summed E-state index contributed by atoms with van der Waals surface area (Å²) in [7, 11) is -0.506. The first-order valence-electron chi connectivity index (χ1n) is 12.7. The van der Waals surface area contributed by atoms with Gasteiger partial charge in [0.15, 0.2) is 0 Å². The third-order valence-corrected chi connectivity index (χ3v) is 5.68. The van der Waals surface area contributed by atoms with E-state index in [1.54, 1.807) is 20.8 Å². The second kappa shape index (κ2) is 35.9. The number of nitrogens with zero attached hydrogens (tertiary/aromatic N) is 2. The van der Waals surface area contributed by atoms with Crippen molar-refractivity contribution in [2.75, 3.05) is 21.3 Å². The molecule has 2 amide bonds. The molecule has 0 heterocycles. The Labute approximate surface area is 358 Å². The quantitative estimate of drug-likeness (QED) is 0.0225. The first-order valence-corrected chi connectivity index (χ1v) is 14.3. The molecule has 46 heavy (non-hydrogen) atoms. The average Bonchev–Trinajstić information content (AvgIpc) is 2.94. The average molecular weight is 735 g/mol. The van der Waals surface area contributed by atoms with E-state index in [1.807, 2.05) is 34.6 Å². The topological polar surface area (TPSA) is 252 Å². The third-order valence-electron chi connectivity index (χ3n) is 3.80. The normalized spacial score (nSPS) is 10.7. The molecule has 0 saturated heterocycles. The van der Waals surface area contributed by atoms with Crippen molar-refractivity contribution in [2.45, 2.75) is 98.4 Å². The summed E-state index contributed by atoms with van der Waals surface area (Å²) in [6.45, 7) is 15.4. The first kappa shape index (κ1) is 60.9. The van der Waals surface area contributed by atoms with Crippen molar-refractivity contribution in [2.24, 2.45) is 0 Å². The van der Waals surface area contributed by atoms with E-state index in [9.17, 15) is 23.7 Å². The molecule has 0 aliphatic heterocycles. The Balaban J connectivity index is -0.0000000723. The van der Waals surface area contributed by atoms with Crippen LogP contribution in [0, 0.1) is 12.3 Å². The Bertz CT molecular complexity index is 991. The van der Waals surface area contributed by atoms with Crippen molar-refractivity contribution < 1.29 is 171 Å². The number of amides is 2. The summed E-state index contributed by atoms with van der Waals surface area (Å²) in [4.78, 5) is 57.1. The number of aliphatic hydroxyl groups excluding tert-OH is 1. The smallest absolute Gasteiger partial charge is 1.00 e. The number of aliphatic hydroxyl groups is 1. The van der Waals surface area contributed by atoms with Crippen LogP contribution in [0.25, 0.3) is 5.53 Å². The summed E-state index contributed by atoms with van der Waals surface area (Å²) in [6.07, 6.45) is 6.14. The number of alkyl carbamates (subject to hydrolysis) is 2. The summed E-state index contributed by atoms with van der Waals surface area (Å²) in [6, 6.07) is -0.690. The molecule has 0 bridgehead atoms. The predicted molar refractivity (Wildman–Crippen MR) is 159 cm³/mol. The van der Waals surface area contributed by atoms with Crippen molar-refractivity contribution in [3.8, 4) is 12.3 Å². The van der Waals surface area contributed by atoms with Crippen LogP contribution >= 0.6 is 7.60 Å². The van der Waals surface area contributed by atoms with Crippen LogP contribution in [0.3, 0.4) is 0 Å². The van der Waals surface area contributed by atoms with Gasteiger partial charge in [-0.15, -0.1) is 6.42 Å². The molecule has 0 saturated carbocycles. The molecule has 2 unspecified atom stereocenters. The van der Waals surface area contributed by atoms with Gasteiger partial charge in [0.2, 0.25) is 5.78 Å². The SMILES string of the molecule is C#CC(CC)NC(=O)OC(C)(C)C.CCC(C=O)NC(=O)OC(C)(C)C.CO.COP(=O)(OC)C(=[N+]=[N-])C(C)=O.O=CO[O-].[H-].[K+].[K+]. The van der Waals surface area contributed by atoms with Gasteiger partial charge in [0.25, 0.3) is 6.47 Å². The zero-order chi connectivity index (χ0) is 36.2. The number of hydrogen-bond donors (Lipinski definition) is 3. The number of carbonyl (C=O) groups excluding carboxylic acids is 5. The van der Waals surface area contributed by atoms with Gasteiger partial charge >= 0.3 is 128 Å². The Morgan fingerprint density at radius 1 is 0.978 bits per heavy atom. The molecule has 20 heteroatoms. The number of ketones is 1. The molecule has 0 aromatic heterocycles. The fourth-order valence-electron chi connectivity index (χ4n) is 1.97. The zero-order valence-corrected chi connectivity index (χ0v) is 36.6. The number of ether oxygens (including phenoxy) is 2. The van der Waals surface area contributed by atoms with Gasteiger partial charge in [0.1, 0.15) is 17.5 Å². The monoisotopic (exact) mass is 734 g/mol. The number of rotatable bonds is 10. The van der Waals surface area contributed by atoms with E-state index in [0.29, 0.717) is 19.1 Å². The predicted octanol–water partition coefficient (Wildman–Crippen LogP) is -3.74. The summed E-state index contributed by atoms with van der Waals surface area (Å²) in [5.74, 6) is 1.79. The van der Waals surface area contributed by atoms with E-state index in [0.717, 1.165) is 28.3 Å². The molecule has 0 radical (unpaired) electrons. The Morgan fingerprint density at radius 2 is 1.35 bits per heavy atom. The van der Waals surface area contributed by atoms with Gasteiger partial charge in [-0.3, -0.25) is 9.59 Å². The van der Waals surface area contributed by atoms with Crippen LogP contribution in [0.5, 0.6) is 0 Å². The van der Waals surface area contributed by atoms with E-state index in [1.165, 1.54) is 0 Å². The summed E-state index contributed by atoms with van der Waals surface area (Å²) in [5, 5.41) is 20.4. The van der Waals surface area contributed by atoms with Gasteiger partial charge in [-0.05, 0) is 54.4 Å². The number of hydrogen-bond acceptors (Lipinski definition) is 13. The van der Waals surface area contributed by atoms with E-state index >= 15 is 0 Å². The van der Waals surface area contributed by atoms with E-state index in [4.69, 9.17) is 36.6 Å². The second-order valence-corrected chi connectivity index (χ2v) is 11.8. The molecule has 0 rings (SSSR count). The van der Waals surface area contributed by atoms with Gasteiger partial charge in [0.05, 0.1) is 12.1 Å². The first-order chi connectivity index (χ1) is 20.2.